The molecule has 2 unspecified atom stereocenters. The summed E-state index contributed by atoms with van der Waals surface area (Å²) in [6, 6.07) is 5.56. The van der Waals surface area contributed by atoms with Crippen LogP contribution in [0.4, 0.5) is 5.69 Å². The molecular weight excluding hydrogens is 262 g/mol. The fraction of sp³-hybridized carbons (Fsp3) is 0.400. The molecule has 1 aliphatic heterocycles. The molecule has 4 heteroatoms. The monoisotopic (exact) mass is 279 g/mol. The van der Waals surface area contributed by atoms with Crippen molar-refractivity contribution in [1.82, 2.24) is 0 Å². The van der Waals surface area contributed by atoms with Crippen molar-refractivity contribution in [1.29, 1.82) is 0 Å². The van der Waals surface area contributed by atoms with Gasteiger partial charge in [0.2, 0.25) is 0 Å². The smallest absolute Gasteiger partial charge is 0.328 e. The van der Waals surface area contributed by atoms with Crippen LogP contribution in [0, 0.1) is 11.8 Å². The highest BCUT2D eigenvalue weighted by Gasteiger charge is 2.27. The number of hydrogen-bond acceptors (Lipinski definition) is 2. The van der Waals surface area contributed by atoms with Crippen LogP contribution in [0.5, 0.6) is 0 Å². The molecule has 102 valence electrons. The zero-order valence-electron chi connectivity index (χ0n) is 11.1. The van der Waals surface area contributed by atoms with Crippen molar-refractivity contribution in [2.24, 2.45) is 11.8 Å². The second-order valence-electron chi connectivity index (χ2n) is 5.23. The van der Waals surface area contributed by atoms with Crippen LogP contribution in [-0.4, -0.2) is 24.2 Å². The van der Waals surface area contributed by atoms with E-state index in [2.05, 4.69) is 18.7 Å². The van der Waals surface area contributed by atoms with Crippen LogP contribution < -0.4 is 4.90 Å². The first-order valence-corrected chi connectivity index (χ1v) is 6.80. The van der Waals surface area contributed by atoms with Gasteiger partial charge in [0.1, 0.15) is 0 Å². The van der Waals surface area contributed by atoms with Crippen molar-refractivity contribution < 1.29 is 9.90 Å². The molecule has 0 aliphatic carbocycles. The fourth-order valence-electron chi connectivity index (χ4n) is 2.42. The number of carbonyl (C=O) groups is 1. The van der Waals surface area contributed by atoms with Gasteiger partial charge in [0.25, 0.3) is 0 Å². The normalized spacial score (nSPS) is 23.2. The molecule has 0 radical (unpaired) electrons. The Bertz CT molecular complexity index is 503. The molecule has 1 saturated heterocycles. The molecule has 1 fully saturated rings. The number of halogens is 1. The summed E-state index contributed by atoms with van der Waals surface area (Å²) >= 11 is 6.06. The summed E-state index contributed by atoms with van der Waals surface area (Å²) in [7, 11) is 0. The van der Waals surface area contributed by atoms with E-state index in [4.69, 9.17) is 16.7 Å². The Kier molecular flexibility index (Phi) is 4.15. The Morgan fingerprint density at radius 1 is 1.37 bits per heavy atom. The molecule has 0 amide bonds. The predicted octanol–water partition coefficient (Wildman–Crippen LogP) is 3.53. The summed E-state index contributed by atoms with van der Waals surface area (Å²) in [5.74, 6) is 0.328. The van der Waals surface area contributed by atoms with E-state index in [1.807, 2.05) is 12.1 Å². The number of anilines is 1. The first-order chi connectivity index (χ1) is 8.97. The zero-order valence-corrected chi connectivity index (χ0v) is 11.9. The number of carboxylic acids is 1. The Labute approximate surface area is 118 Å². The SMILES string of the molecule is CC1CN(c2cc(Cl)ccc2/C=C/C(=O)O)CC1C. The van der Waals surface area contributed by atoms with E-state index < -0.39 is 5.97 Å². The van der Waals surface area contributed by atoms with E-state index in [9.17, 15) is 4.79 Å². The van der Waals surface area contributed by atoms with Crippen molar-refractivity contribution in [2.45, 2.75) is 13.8 Å². The third-order valence-corrected chi connectivity index (χ3v) is 3.96. The van der Waals surface area contributed by atoms with Gasteiger partial charge in [-0.25, -0.2) is 4.79 Å². The highest BCUT2D eigenvalue weighted by atomic mass is 35.5. The summed E-state index contributed by atoms with van der Waals surface area (Å²) < 4.78 is 0. The van der Waals surface area contributed by atoms with Gasteiger partial charge in [-0.15, -0.1) is 0 Å². The Hall–Kier alpha value is -1.48. The molecule has 1 N–H and O–H groups in total. The molecule has 0 aromatic heterocycles. The maximum atomic E-state index is 10.6. The molecule has 0 bridgehead atoms. The van der Waals surface area contributed by atoms with Gasteiger partial charge in [-0.1, -0.05) is 31.5 Å². The fourth-order valence-corrected chi connectivity index (χ4v) is 2.59. The number of nitrogens with zero attached hydrogens (tertiary/aromatic N) is 1. The maximum Gasteiger partial charge on any atom is 0.328 e. The Morgan fingerprint density at radius 2 is 2.00 bits per heavy atom. The van der Waals surface area contributed by atoms with Gasteiger partial charge in [-0.3, -0.25) is 0 Å². The van der Waals surface area contributed by atoms with Gasteiger partial charge < -0.3 is 10.0 Å². The van der Waals surface area contributed by atoms with E-state index in [1.165, 1.54) is 0 Å². The van der Waals surface area contributed by atoms with E-state index in [0.717, 1.165) is 30.4 Å². The van der Waals surface area contributed by atoms with Gasteiger partial charge in [-0.2, -0.15) is 0 Å². The van der Waals surface area contributed by atoms with Crippen molar-refractivity contribution in [3.8, 4) is 0 Å². The average Bonchev–Trinajstić information content (AvgIpc) is 2.68. The van der Waals surface area contributed by atoms with Crippen LogP contribution in [0.25, 0.3) is 6.08 Å². The largest absolute Gasteiger partial charge is 0.478 e. The number of benzene rings is 1. The predicted molar refractivity (Wildman–Crippen MR) is 78.7 cm³/mol. The summed E-state index contributed by atoms with van der Waals surface area (Å²) in [4.78, 5) is 12.9. The third-order valence-electron chi connectivity index (χ3n) is 3.73. The number of aliphatic carboxylic acids is 1. The lowest BCUT2D eigenvalue weighted by atomic mass is 10.0. The summed E-state index contributed by atoms with van der Waals surface area (Å²) in [6.07, 6.45) is 2.79. The van der Waals surface area contributed by atoms with Gasteiger partial charge >= 0.3 is 5.97 Å². The van der Waals surface area contributed by atoms with Gasteiger partial charge in [0.05, 0.1) is 0 Å². The highest BCUT2D eigenvalue weighted by molar-refractivity contribution is 6.31. The summed E-state index contributed by atoms with van der Waals surface area (Å²) in [5.41, 5.74) is 1.91. The average molecular weight is 280 g/mol. The standard InChI is InChI=1S/C15H18ClNO2/c1-10-8-17(9-11(10)2)14-7-13(16)5-3-12(14)4-6-15(18)19/h3-7,10-11H,8-9H2,1-2H3,(H,18,19)/b6-4+. The van der Waals surface area contributed by atoms with E-state index >= 15 is 0 Å². The molecule has 1 aliphatic rings. The Balaban J connectivity index is 2.33. The zero-order chi connectivity index (χ0) is 14.0. The molecule has 19 heavy (non-hydrogen) atoms. The molecule has 1 aromatic carbocycles. The molecule has 2 rings (SSSR count). The summed E-state index contributed by atoms with van der Waals surface area (Å²) in [6.45, 7) is 6.44. The molecule has 1 heterocycles. The van der Waals surface area contributed by atoms with Crippen LogP contribution >= 0.6 is 11.6 Å². The topological polar surface area (TPSA) is 40.5 Å². The van der Waals surface area contributed by atoms with Crippen LogP contribution in [0.15, 0.2) is 24.3 Å². The van der Waals surface area contributed by atoms with E-state index in [-0.39, 0.29) is 0 Å². The lowest BCUT2D eigenvalue weighted by Crippen LogP contribution is -2.20. The molecule has 3 nitrogen and oxygen atoms in total. The second-order valence-corrected chi connectivity index (χ2v) is 5.67. The molecular formula is C15H18ClNO2. The second kappa shape index (κ2) is 5.66. The van der Waals surface area contributed by atoms with Crippen molar-refractivity contribution >= 4 is 29.3 Å². The molecule has 0 saturated carbocycles. The maximum absolute atomic E-state index is 10.6. The first kappa shape index (κ1) is 13.9. The molecule has 0 spiro atoms. The minimum absolute atomic E-state index is 0.635. The highest BCUT2D eigenvalue weighted by Crippen LogP contribution is 2.32. The minimum Gasteiger partial charge on any atom is -0.478 e. The molecule has 1 aromatic rings. The quantitative estimate of drug-likeness (QED) is 0.861. The van der Waals surface area contributed by atoms with Crippen molar-refractivity contribution in [3.63, 3.8) is 0 Å². The first-order valence-electron chi connectivity index (χ1n) is 6.43. The minimum atomic E-state index is -0.941. The van der Waals surface area contributed by atoms with Crippen LogP contribution in [0.1, 0.15) is 19.4 Å². The van der Waals surface area contributed by atoms with Crippen molar-refractivity contribution in [2.75, 3.05) is 18.0 Å². The van der Waals surface area contributed by atoms with Gasteiger partial charge in [-0.05, 0) is 35.6 Å². The van der Waals surface area contributed by atoms with Crippen LogP contribution in [0.2, 0.25) is 5.02 Å². The third kappa shape index (κ3) is 3.29. The number of carboxylic acid groups (broad SMARTS) is 1. The van der Waals surface area contributed by atoms with E-state index in [1.54, 1.807) is 12.1 Å². The lowest BCUT2D eigenvalue weighted by molar-refractivity contribution is -0.131. The summed E-state index contributed by atoms with van der Waals surface area (Å²) in [5, 5.41) is 9.42. The number of rotatable bonds is 3. The number of hydrogen-bond donors (Lipinski definition) is 1. The van der Waals surface area contributed by atoms with Crippen molar-refractivity contribution in [3.05, 3.63) is 34.9 Å². The van der Waals surface area contributed by atoms with Crippen LogP contribution in [0.3, 0.4) is 0 Å². The lowest BCUT2D eigenvalue weighted by Gasteiger charge is -2.21. The Morgan fingerprint density at radius 3 is 2.58 bits per heavy atom. The van der Waals surface area contributed by atoms with E-state index in [0.29, 0.717) is 16.9 Å². The van der Waals surface area contributed by atoms with Gasteiger partial charge in [0, 0.05) is 29.9 Å². The molecule has 2 atom stereocenters. The van der Waals surface area contributed by atoms with Crippen LogP contribution in [-0.2, 0) is 4.79 Å². The van der Waals surface area contributed by atoms with Gasteiger partial charge in [0.15, 0.2) is 0 Å².